The van der Waals surface area contributed by atoms with Gasteiger partial charge in [-0.05, 0) is 113 Å². The first-order valence-corrected chi connectivity index (χ1v) is 15.7. The summed E-state index contributed by atoms with van der Waals surface area (Å²) in [6.07, 6.45) is 0.985. The first kappa shape index (κ1) is 25.7. The van der Waals surface area contributed by atoms with Crippen LogP contribution in [0.25, 0.3) is 77.2 Å². The van der Waals surface area contributed by atoms with Crippen molar-refractivity contribution in [2.45, 2.75) is 6.42 Å². The smallest absolute Gasteiger partial charge is 0.000729 e. The monoisotopic (exact) mass is 570 g/mol. The minimum absolute atomic E-state index is 0.985. The van der Waals surface area contributed by atoms with Crippen LogP contribution in [0.2, 0.25) is 0 Å². The predicted octanol–water partition coefficient (Wildman–Crippen LogP) is 12.2. The van der Waals surface area contributed by atoms with Crippen LogP contribution < -0.4 is 0 Å². The lowest BCUT2D eigenvalue weighted by atomic mass is 9.83. The molecular formula is C45H30. The molecule has 0 bridgehead atoms. The highest BCUT2D eigenvalue weighted by molar-refractivity contribution is 6.13. The second-order valence-corrected chi connectivity index (χ2v) is 12.1. The summed E-state index contributed by atoms with van der Waals surface area (Å²) in [5, 5.41) is 5.05. The highest BCUT2D eigenvalue weighted by Crippen LogP contribution is 2.47. The molecular weight excluding hydrogens is 540 g/mol. The van der Waals surface area contributed by atoms with E-state index in [-0.39, 0.29) is 0 Å². The molecule has 0 aliphatic heterocycles. The Morgan fingerprint density at radius 1 is 0.311 bits per heavy atom. The summed E-state index contributed by atoms with van der Waals surface area (Å²) in [6, 6.07) is 62.5. The Balaban J connectivity index is 1.29. The molecule has 0 saturated heterocycles. The van der Waals surface area contributed by atoms with Gasteiger partial charge in [-0.2, -0.15) is 0 Å². The topological polar surface area (TPSA) is 0 Å². The standard InChI is InChI=1S/C45H30/c1-3-12-30(13-4-1)41-29-37-26-34-16-7-8-17-35(34)27-42(37)45(44(41)32-14-5-2-6-15-32)33-24-22-31(23-25-33)38-20-11-21-40-39-19-10-9-18-36(39)28-43(38)40/h1-27,29H,28H2. The number of rotatable bonds is 4. The Bertz CT molecular complexity index is 2360. The first-order valence-electron chi connectivity index (χ1n) is 15.7. The Kier molecular flexibility index (Phi) is 5.99. The zero-order valence-corrected chi connectivity index (χ0v) is 24.9. The highest BCUT2D eigenvalue weighted by atomic mass is 14.3. The first-order chi connectivity index (χ1) is 22.3. The zero-order chi connectivity index (χ0) is 29.7. The third-order valence-corrected chi connectivity index (χ3v) is 9.49. The van der Waals surface area contributed by atoms with E-state index in [1.807, 2.05) is 0 Å². The zero-order valence-electron chi connectivity index (χ0n) is 24.9. The third-order valence-electron chi connectivity index (χ3n) is 9.49. The van der Waals surface area contributed by atoms with Gasteiger partial charge in [0.15, 0.2) is 0 Å². The van der Waals surface area contributed by atoms with Gasteiger partial charge in [-0.15, -0.1) is 0 Å². The van der Waals surface area contributed by atoms with Crippen LogP contribution in [-0.4, -0.2) is 0 Å². The third kappa shape index (κ3) is 4.30. The van der Waals surface area contributed by atoms with Gasteiger partial charge < -0.3 is 0 Å². The fraction of sp³-hybridized carbons (Fsp3) is 0.0222. The van der Waals surface area contributed by atoms with Crippen LogP contribution in [0.1, 0.15) is 11.1 Å². The molecule has 0 aromatic heterocycles. The van der Waals surface area contributed by atoms with Crippen LogP contribution in [-0.2, 0) is 6.42 Å². The molecule has 0 radical (unpaired) electrons. The molecule has 210 valence electrons. The van der Waals surface area contributed by atoms with E-state index < -0.39 is 0 Å². The SMILES string of the molecule is c1ccc(-c2cc3cc4ccccc4cc3c(-c3ccc(-c4cccc5c4Cc4ccccc4-5)cc3)c2-c2ccccc2)cc1. The molecule has 0 amide bonds. The summed E-state index contributed by atoms with van der Waals surface area (Å²) >= 11 is 0. The fourth-order valence-electron chi connectivity index (χ4n) is 7.38. The van der Waals surface area contributed by atoms with Crippen molar-refractivity contribution in [3.05, 3.63) is 181 Å². The molecule has 8 aromatic rings. The van der Waals surface area contributed by atoms with Crippen LogP contribution in [0, 0.1) is 0 Å². The summed E-state index contributed by atoms with van der Waals surface area (Å²) in [5.41, 5.74) is 15.7. The molecule has 1 aliphatic carbocycles. The van der Waals surface area contributed by atoms with Crippen molar-refractivity contribution >= 4 is 21.5 Å². The summed E-state index contributed by atoms with van der Waals surface area (Å²) in [6.45, 7) is 0. The maximum absolute atomic E-state index is 2.39. The van der Waals surface area contributed by atoms with Gasteiger partial charge in [0.1, 0.15) is 0 Å². The van der Waals surface area contributed by atoms with Crippen LogP contribution in [0.4, 0.5) is 0 Å². The van der Waals surface area contributed by atoms with E-state index in [0.29, 0.717) is 0 Å². The molecule has 9 rings (SSSR count). The van der Waals surface area contributed by atoms with Gasteiger partial charge in [-0.25, -0.2) is 0 Å². The van der Waals surface area contributed by atoms with E-state index in [4.69, 9.17) is 0 Å². The second kappa shape index (κ2) is 10.5. The van der Waals surface area contributed by atoms with Gasteiger partial charge in [0, 0.05) is 0 Å². The van der Waals surface area contributed by atoms with Crippen molar-refractivity contribution in [1.29, 1.82) is 0 Å². The van der Waals surface area contributed by atoms with Gasteiger partial charge in [0.05, 0.1) is 0 Å². The van der Waals surface area contributed by atoms with Crippen molar-refractivity contribution in [3.63, 3.8) is 0 Å². The van der Waals surface area contributed by atoms with Crippen molar-refractivity contribution in [3.8, 4) is 55.6 Å². The van der Waals surface area contributed by atoms with E-state index in [9.17, 15) is 0 Å². The minimum atomic E-state index is 0.985. The van der Waals surface area contributed by atoms with E-state index >= 15 is 0 Å². The molecule has 0 saturated carbocycles. The molecule has 1 aliphatic rings. The van der Waals surface area contributed by atoms with Gasteiger partial charge >= 0.3 is 0 Å². The average molecular weight is 571 g/mol. The summed E-state index contributed by atoms with van der Waals surface area (Å²) in [5.74, 6) is 0. The predicted molar refractivity (Wildman–Crippen MR) is 191 cm³/mol. The molecule has 0 fully saturated rings. The van der Waals surface area contributed by atoms with E-state index in [1.165, 1.54) is 88.3 Å². The Labute approximate surface area is 263 Å². The quantitative estimate of drug-likeness (QED) is 0.185. The van der Waals surface area contributed by atoms with Gasteiger partial charge in [0.25, 0.3) is 0 Å². The Morgan fingerprint density at radius 3 is 1.64 bits per heavy atom. The molecule has 0 spiro atoms. The van der Waals surface area contributed by atoms with Crippen molar-refractivity contribution in [2.75, 3.05) is 0 Å². The van der Waals surface area contributed by atoms with Gasteiger partial charge in [0.2, 0.25) is 0 Å². The lowest BCUT2D eigenvalue weighted by Gasteiger charge is -2.20. The fourth-order valence-corrected chi connectivity index (χ4v) is 7.38. The van der Waals surface area contributed by atoms with Gasteiger partial charge in [-0.3, -0.25) is 0 Å². The molecule has 45 heavy (non-hydrogen) atoms. The van der Waals surface area contributed by atoms with Gasteiger partial charge in [-0.1, -0.05) is 152 Å². The molecule has 0 atom stereocenters. The normalized spacial score (nSPS) is 11.9. The molecule has 8 aromatic carbocycles. The lowest BCUT2D eigenvalue weighted by Crippen LogP contribution is -1.94. The molecule has 0 nitrogen and oxygen atoms in total. The molecule has 0 heterocycles. The van der Waals surface area contributed by atoms with Crippen LogP contribution >= 0.6 is 0 Å². The van der Waals surface area contributed by atoms with E-state index in [2.05, 4.69) is 170 Å². The minimum Gasteiger partial charge on any atom is -0.0622 e. The van der Waals surface area contributed by atoms with Crippen LogP contribution in [0.5, 0.6) is 0 Å². The number of hydrogen-bond acceptors (Lipinski definition) is 0. The number of benzene rings is 8. The largest absolute Gasteiger partial charge is 0.0622 e. The maximum atomic E-state index is 2.39. The van der Waals surface area contributed by atoms with Crippen molar-refractivity contribution in [2.24, 2.45) is 0 Å². The van der Waals surface area contributed by atoms with E-state index in [1.54, 1.807) is 0 Å². The van der Waals surface area contributed by atoms with Crippen LogP contribution in [0.15, 0.2) is 170 Å². The van der Waals surface area contributed by atoms with Crippen molar-refractivity contribution < 1.29 is 0 Å². The lowest BCUT2D eigenvalue weighted by molar-refractivity contribution is 1.26. The Hall–Kier alpha value is -5.72. The average Bonchev–Trinajstić information content (AvgIpc) is 3.50. The summed E-state index contributed by atoms with van der Waals surface area (Å²) < 4.78 is 0. The number of fused-ring (bicyclic) bond motifs is 5. The highest BCUT2D eigenvalue weighted by Gasteiger charge is 2.22. The summed E-state index contributed by atoms with van der Waals surface area (Å²) in [7, 11) is 0. The summed E-state index contributed by atoms with van der Waals surface area (Å²) in [4.78, 5) is 0. The second-order valence-electron chi connectivity index (χ2n) is 12.1. The van der Waals surface area contributed by atoms with E-state index in [0.717, 1.165) is 6.42 Å². The van der Waals surface area contributed by atoms with Crippen molar-refractivity contribution in [1.82, 2.24) is 0 Å². The van der Waals surface area contributed by atoms with Crippen LogP contribution in [0.3, 0.4) is 0 Å². The molecule has 0 unspecified atom stereocenters. The Morgan fingerprint density at radius 2 is 0.867 bits per heavy atom. The number of hydrogen-bond donors (Lipinski definition) is 0. The maximum Gasteiger partial charge on any atom is -0.000729 e. The molecule has 0 heteroatoms. The molecule has 0 N–H and O–H groups in total.